The van der Waals surface area contributed by atoms with Gasteiger partial charge in [-0.3, -0.25) is 4.90 Å². The lowest BCUT2D eigenvalue weighted by atomic mass is 10.00. The Hall–Kier alpha value is -1.30. The van der Waals surface area contributed by atoms with Crippen LogP contribution < -0.4 is 0 Å². The van der Waals surface area contributed by atoms with E-state index >= 15 is 0 Å². The summed E-state index contributed by atoms with van der Waals surface area (Å²) >= 11 is 0. The fourth-order valence-electron chi connectivity index (χ4n) is 1.81. The van der Waals surface area contributed by atoms with Crippen molar-refractivity contribution in [1.29, 1.82) is 0 Å². The predicted octanol–water partition coefficient (Wildman–Crippen LogP) is 2.12. The van der Waals surface area contributed by atoms with Crippen molar-refractivity contribution in [3.63, 3.8) is 0 Å². The zero-order valence-electron chi connectivity index (χ0n) is 12.8. The molecule has 1 unspecified atom stereocenters. The molecule has 6 nitrogen and oxygen atoms in total. The number of carboxylic acids is 1. The van der Waals surface area contributed by atoms with Crippen molar-refractivity contribution >= 4 is 12.1 Å². The van der Waals surface area contributed by atoms with Crippen LogP contribution >= 0.6 is 0 Å². The second kappa shape index (κ2) is 6.23. The Balaban J connectivity index is 5.40. The molecule has 0 aromatic heterocycles. The summed E-state index contributed by atoms with van der Waals surface area (Å²) in [5.41, 5.74) is -2.15. The molecule has 0 aromatic rings. The molecule has 0 aliphatic rings. The Bertz CT molecular complexity index is 334. The molecular formula is C13H25NO5. The fraction of sp³-hybridized carbons (Fsp3) is 0.846. The molecule has 0 bridgehead atoms. The summed E-state index contributed by atoms with van der Waals surface area (Å²) in [5, 5.41) is 9.40. The summed E-state index contributed by atoms with van der Waals surface area (Å²) < 4.78 is 10.2. The molecule has 0 aliphatic carbocycles. The Kier molecular flexibility index (Phi) is 5.81. The van der Waals surface area contributed by atoms with Crippen LogP contribution in [0.2, 0.25) is 0 Å². The molecule has 0 spiro atoms. The number of hydrogen-bond acceptors (Lipinski definition) is 4. The topological polar surface area (TPSA) is 76.1 Å². The average molecular weight is 275 g/mol. The minimum Gasteiger partial charge on any atom is -0.479 e. The zero-order valence-corrected chi connectivity index (χ0v) is 12.8. The predicted molar refractivity (Wildman–Crippen MR) is 71.1 cm³/mol. The first-order valence-corrected chi connectivity index (χ1v) is 6.20. The summed E-state index contributed by atoms with van der Waals surface area (Å²) in [7, 11) is 1.40. The monoisotopic (exact) mass is 275 g/mol. The number of ether oxygens (including phenoxy) is 2. The third kappa shape index (κ3) is 4.70. The van der Waals surface area contributed by atoms with E-state index in [9.17, 15) is 14.7 Å². The van der Waals surface area contributed by atoms with Crippen LogP contribution in [0.1, 0.15) is 41.5 Å². The lowest BCUT2D eigenvalue weighted by molar-refractivity contribution is -0.155. The molecule has 1 atom stereocenters. The van der Waals surface area contributed by atoms with Gasteiger partial charge in [-0.2, -0.15) is 0 Å². The van der Waals surface area contributed by atoms with E-state index in [1.165, 1.54) is 18.9 Å². The smallest absolute Gasteiger partial charge is 0.411 e. The Morgan fingerprint density at radius 2 is 1.68 bits per heavy atom. The molecule has 0 fully saturated rings. The maximum Gasteiger partial charge on any atom is 0.411 e. The third-order valence-corrected chi connectivity index (χ3v) is 2.52. The molecule has 0 saturated heterocycles. The molecule has 6 heteroatoms. The number of nitrogens with zero attached hydrogens (tertiary/aromatic N) is 1. The van der Waals surface area contributed by atoms with E-state index in [1.807, 2.05) is 0 Å². The van der Waals surface area contributed by atoms with Gasteiger partial charge in [0.2, 0.25) is 0 Å². The minimum atomic E-state index is -1.47. The molecule has 0 rings (SSSR count). The highest BCUT2D eigenvalue weighted by Crippen LogP contribution is 2.23. The highest BCUT2D eigenvalue weighted by Gasteiger charge is 2.45. The van der Waals surface area contributed by atoms with Gasteiger partial charge in [-0.15, -0.1) is 0 Å². The number of carbonyl (C=O) groups is 2. The number of aliphatic carboxylic acids is 1. The first-order valence-electron chi connectivity index (χ1n) is 6.20. The summed E-state index contributed by atoms with van der Waals surface area (Å²) in [6.07, 6.45) is -0.663. The number of hydrogen-bond donors (Lipinski definition) is 1. The van der Waals surface area contributed by atoms with Gasteiger partial charge in [-0.25, -0.2) is 9.59 Å². The third-order valence-electron chi connectivity index (χ3n) is 2.52. The standard InChI is InChI=1S/C13H25NO5/c1-9(2)14(11(17)19-12(3,4)5)13(6,8-18-7)10(15)16/h9H,8H2,1-7H3,(H,15,16). The van der Waals surface area contributed by atoms with Crippen LogP contribution in [0.15, 0.2) is 0 Å². The number of methoxy groups -OCH3 is 1. The summed E-state index contributed by atoms with van der Waals surface area (Å²) in [4.78, 5) is 24.9. The lowest BCUT2D eigenvalue weighted by Crippen LogP contribution is -2.61. The van der Waals surface area contributed by atoms with Crippen LogP contribution in [-0.4, -0.2) is 53.0 Å². The van der Waals surface area contributed by atoms with E-state index in [0.717, 1.165) is 0 Å². The van der Waals surface area contributed by atoms with E-state index < -0.39 is 23.2 Å². The highest BCUT2D eigenvalue weighted by molar-refractivity contribution is 5.84. The Labute approximate surface area is 114 Å². The van der Waals surface area contributed by atoms with Crippen LogP contribution in [0.4, 0.5) is 4.79 Å². The van der Waals surface area contributed by atoms with Crippen molar-refractivity contribution in [2.45, 2.75) is 58.7 Å². The molecule has 0 saturated carbocycles. The maximum atomic E-state index is 12.2. The van der Waals surface area contributed by atoms with Crippen LogP contribution in [0.3, 0.4) is 0 Å². The number of carboxylic acid groups (broad SMARTS) is 1. The van der Waals surface area contributed by atoms with E-state index in [1.54, 1.807) is 34.6 Å². The Morgan fingerprint density at radius 3 is 1.95 bits per heavy atom. The zero-order chi connectivity index (χ0) is 15.4. The van der Waals surface area contributed by atoms with Crippen molar-refractivity contribution in [3.05, 3.63) is 0 Å². The van der Waals surface area contributed by atoms with Crippen molar-refractivity contribution in [1.82, 2.24) is 4.90 Å². The van der Waals surface area contributed by atoms with Crippen LogP contribution in [0, 0.1) is 0 Å². The molecule has 19 heavy (non-hydrogen) atoms. The number of amides is 1. The average Bonchev–Trinajstić information content (AvgIpc) is 2.13. The molecule has 0 radical (unpaired) electrons. The second-order valence-corrected chi connectivity index (χ2v) is 5.96. The summed E-state index contributed by atoms with van der Waals surface area (Å²) in [6, 6.07) is -0.328. The first kappa shape index (κ1) is 17.7. The van der Waals surface area contributed by atoms with Gasteiger partial charge < -0.3 is 14.6 Å². The van der Waals surface area contributed by atoms with Gasteiger partial charge in [0.1, 0.15) is 5.60 Å². The van der Waals surface area contributed by atoms with Crippen LogP contribution in [-0.2, 0) is 14.3 Å². The quantitative estimate of drug-likeness (QED) is 0.831. The minimum absolute atomic E-state index is 0.111. The van der Waals surface area contributed by atoms with E-state index in [-0.39, 0.29) is 12.6 Å². The van der Waals surface area contributed by atoms with Gasteiger partial charge in [-0.05, 0) is 41.5 Å². The largest absolute Gasteiger partial charge is 0.479 e. The van der Waals surface area contributed by atoms with E-state index in [4.69, 9.17) is 9.47 Å². The normalized spacial score (nSPS) is 14.9. The van der Waals surface area contributed by atoms with Gasteiger partial charge >= 0.3 is 12.1 Å². The van der Waals surface area contributed by atoms with Crippen LogP contribution in [0.5, 0.6) is 0 Å². The molecular weight excluding hydrogens is 250 g/mol. The molecule has 1 N–H and O–H groups in total. The van der Waals surface area contributed by atoms with Gasteiger partial charge in [0.15, 0.2) is 5.54 Å². The van der Waals surface area contributed by atoms with Gasteiger partial charge in [0, 0.05) is 13.2 Å². The van der Waals surface area contributed by atoms with E-state index in [2.05, 4.69) is 0 Å². The van der Waals surface area contributed by atoms with Crippen LogP contribution in [0.25, 0.3) is 0 Å². The second-order valence-electron chi connectivity index (χ2n) is 5.96. The van der Waals surface area contributed by atoms with Crippen molar-refractivity contribution in [2.75, 3.05) is 13.7 Å². The van der Waals surface area contributed by atoms with E-state index in [0.29, 0.717) is 0 Å². The molecule has 0 aromatic carbocycles. The molecule has 1 amide bonds. The van der Waals surface area contributed by atoms with Gasteiger partial charge in [0.05, 0.1) is 6.61 Å². The Morgan fingerprint density at radius 1 is 1.21 bits per heavy atom. The number of rotatable bonds is 5. The van der Waals surface area contributed by atoms with Gasteiger partial charge in [0.25, 0.3) is 0 Å². The maximum absolute atomic E-state index is 12.2. The fourth-order valence-corrected chi connectivity index (χ4v) is 1.81. The highest BCUT2D eigenvalue weighted by atomic mass is 16.6. The van der Waals surface area contributed by atoms with Crippen molar-refractivity contribution < 1.29 is 24.2 Å². The summed E-state index contributed by atoms with van der Waals surface area (Å²) in [5.74, 6) is -1.13. The molecule has 112 valence electrons. The first-order chi connectivity index (χ1) is 8.45. The number of carbonyl (C=O) groups excluding carboxylic acids is 1. The van der Waals surface area contributed by atoms with Gasteiger partial charge in [-0.1, -0.05) is 0 Å². The lowest BCUT2D eigenvalue weighted by Gasteiger charge is -2.40. The SMILES string of the molecule is COCC(C)(C(=O)O)N(C(=O)OC(C)(C)C)C(C)C. The summed E-state index contributed by atoms with van der Waals surface area (Å²) in [6.45, 7) is 10.0. The van der Waals surface area contributed by atoms with Crippen molar-refractivity contribution in [3.8, 4) is 0 Å². The molecule has 0 aliphatic heterocycles. The molecule has 0 heterocycles. The van der Waals surface area contributed by atoms with Crippen molar-refractivity contribution in [2.24, 2.45) is 0 Å².